The minimum Gasteiger partial charge on any atom is -0.423 e. The Bertz CT molecular complexity index is 519. The van der Waals surface area contributed by atoms with Crippen LogP contribution in [-0.2, 0) is 5.88 Å². The van der Waals surface area contributed by atoms with Gasteiger partial charge in [-0.2, -0.15) is 0 Å². The van der Waals surface area contributed by atoms with Crippen LogP contribution in [-0.4, -0.2) is 9.97 Å². The average Bonchev–Trinajstić information content (AvgIpc) is 2.34. The van der Waals surface area contributed by atoms with Crippen LogP contribution in [0.3, 0.4) is 0 Å². The summed E-state index contributed by atoms with van der Waals surface area (Å²) in [7, 11) is 0. The lowest BCUT2D eigenvalue weighted by Crippen LogP contribution is -1.93. The lowest BCUT2D eigenvalue weighted by molar-refractivity contribution is 0.441. The monoisotopic (exact) mass is 332 g/mol. The number of hydrogen-bond donors (Lipinski definition) is 0. The Morgan fingerprint density at radius 1 is 1.24 bits per heavy atom. The van der Waals surface area contributed by atoms with E-state index in [1.807, 2.05) is 6.07 Å². The molecule has 0 aliphatic rings. The summed E-state index contributed by atoms with van der Waals surface area (Å²) in [5.74, 6) is 0.882. The van der Waals surface area contributed by atoms with Crippen molar-refractivity contribution in [1.29, 1.82) is 0 Å². The first-order chi connectivity index (χ1) is 8.19. The van der Waals surface area contributed by atoms with Gasteiger partial charge in [-0.25, -0.2) is 9.97 Å². The molecule has 0 atom stereocenters. The molecule has 6 heteroatoms. The van der Waals surface area contributed by atoms with Crippen molar-refractivity contribution in [3.8, 4) is 11.8 Å². The van der Waals surface area contributed by atoms with Gasteiger partial charge in [0.1, 0.15) is 5.75 Å². The van der Waals surface area contributed by atoms with Crippen LogP contribution in [0.25, 0.3) is 0 Å². The van der Waals surface area contributed by atoms with Crippen molar-refractivity contribution in [2.45, 2.75) is 5.88 Å². The molecule has 88 valence electrons. The highest BCUT2D eigenvalue weighted by Gasteiger charge is 2.05. The molecule has 2 aromatic rings. The summed E-state index contributed by atoms with van der Waals surface area (Å²) < 4.78 is 6.33. The first kappa shape index (κ1) is 12.6. The second-order valence-electron chi connectivity index (χ2n) is 3.18. The number of halogens is 3. The van der Waals surface area contributed by atoms with Crippen molar-refractivity contribution in [1.82, 2.24) is 9.97 Å². The van der Waals surface area contributed by atoms with E-state index < -0.39 is 0 Å². The van der Waals surface area contributed by atoms with E-state index in [0.29, 0.717) is 16.7 Å². The molecule has 17 heavy (non-hydrogen) atoms. The Labute approximate surface area is 117 Å². The number of benzene rings is 1. The number of nitrogens with zero attached hydrogens (tertiary/aromatic N) is 2. The average molecular weight is 334 g/mol. The Morgan fingerprint density at radius 2 is 1.94 bits per heavy atom. The van der Waals surface area contributed by atoms with E-state index in [-0.39, 0.29) is 6.01 Å². The van der Waals surface area contributed by atoms with Crippen LogP contribution in [0.4, 0.5) is 0 Å². The summed E-state index contributed by atoms with van der Waals surface area (Å²) in [5, 5.41) is 0.490. The molecule has 0 aliphatic heterocycles. The van der Waals surface area contributed by atoms with E-state index in [1.54, 1.807) is 24.5 Å². The van der Waals surface area contributed by atoms with Crippen molar-refractivity contribution < 1.29 is 4.74 Å². The third-order valence-electron chi connectivity index (χ3n) is 1.93. The minimum absolute atomic E-state index is 0.239. The Morgan fingerprint density at radius 3 is 2.53 bits per heavy atom. The lowest BCUT2D eigenvalue weighted by Gasteiger charge is -2.05. The second-order valence-corrected chi connectivity index (χ2v) is 4.77. The van der Waals surface area contributed by atoms with Gasteiger partial charge in [-0.3, -0.25) is 0 Å². The highest BCUT2D eigenvalue weighted by atomic mass is 79.9. The third kappa shape index (κ3) is 3.31. The molecule has 0 unspecified atom stereocenters. The van der Waals surface area contributed by atoms with Crippen LogP contribution in [0.15, 0.2) is 35.1 Å². The molecule has 0 radical (unpaired) electrons. The Hall–Kier alpha value is -0.840. The molecule has 0 aliphatic carbocycles. The smallest absolute Gasteiger partial charge is 0.321 e. The van der Waals surface area contributed by atoms with Crippen molar-refractivity contribution in [2.75, 3.05) is 0 Å². The van der Waals surface area contributed by atoms with Crippen LogP contribution >= 0.6 is 39.1 Å². The van der Waals surface area contributed by atoms with E-state index in [0.717, 1.165) is 10.0 Å². The van der Waals surface area contributed by atoms with Crippen molar-refractivity contribution >= 4 is 39.1 Å². The zero-order valence-corrected chi connectivity index (χ0v) is 11.6. The molecule has 2 rings (SSSR count). The quantitative estimate of drug-likeness (QED) is 0.780. The van der Waals surface area contributed by atoms with Gasteiger partial charge in [0.2, 0.25) is 0 Å². The summed E-state index contributed by atoms with van der Waals surface area (Å²) >= 11 is 15.0. The molecule has 1 aromatic carbocycles. The summed E-state index contributed by atoms with van der Waals surface area (Å²) in [6.07, 6.45) is 3.23. The van der Waals surface area contributed by atoms with Crippen LogP contribution in [0.5, 0.6) is 11.8 Å². The molecular formula is C11H7BrCl2N2O. The topological polar surface area (TPSA) is 35.0 Å². The summed E-state index contributed by atoms with van der Waals surface area (Å²) in [6.45, 7) is 0. The fraction of sp³-hybridized carbons (Fsp3) is 0.0909. The first-order valence-electron chi connectivity index (χ1n) is 4.69. The molecule has 0 saturated carbocycles. The number of alkyl halides is 1. The minimum atomic E-state index is 0.239. The van der Waals surface area contributed by atoms with Crippen molar-refractivity contribution in [3.63, 3.8) is 0 Å². The SMILES string of the molecule is ClCc1cnc(Oc2ccc(Br)cc2Cl)nc1. The molecule has 0 spiro atoms. The summed E-state index contributed by atoms with van der Waals surface area (Å²) in [6, 6.07) is 5.55. The van der Waals surface area contributed by atoms with Gasteiger partial charge in [-0.1, -0.05) is 27.5 Å². The van der Waals surface area contributed by atoms with Gasteiger partial charge in [0, 0.05) is 22.4 Å². The molecular weight excluding hydrogens is 327 g/mol. The predicted octanol–water partition coefficient (Wildman–Crippen LogP) is 4.42. The summed E-state index contributed by atoms with van der Waals surface area (Å²) in [4.78, 5) is 8.04. The van der Waals surface area contributed by atoms with Gasteiger partial charge in [-0.15, -0.1) is 11.6 Å². The highest BCUT2D eigenvalue weighted by molar-refractivity contribution is 9.10. The molecule has 0 saturated heterocycles. The normalized spacial score (nSPS) is 10.3. The third-order valence-corrected chi connectivity index (χ3v) is 3.03. The maximum absolute atomic E-state index is 6.01. The Balaban J connectivity index is 2.19. The van der Waals surface area contributed by atoms with E-state index in [2.05, 4.69) is 25.9 Å². The van der Waals surface area contributed by atoms with Crippen LogP contribution < -0.4 is 4.74 Å². The first-order valence-corrected chi connectivity index (χ1v) is 6.39. The molecule has 0 bridgehead atoms. The van der Waals surface area contributed by atoms with Crippen molar-refractivity contribution in [3.05, 3.63) is 45.7 Å². The van der Waals surface area contributed by atoms with Crippen LogP contribution in [0.2, 0.25) is 5.02 Å². The molecule has 1 aromatic heterocycles. The fourth-order valence-corrected chi connectivity index (χ4v) is 1.97. The Kier molecular flexibility index (Phi) is 4.20. The molecule has 1 heterocycles. The van der Waals surface area contributed by atoms with Gasteiger partial charge in [0.15, 0.2) is 0 Å². The van der Waals surface area contributed by atoms with E-state index in [9.17, 15) is 0 Å². The maximum Gasteiger partial charge on any atom is 0.321 e. The maximum atomic E-state index is 6.01. The summed E-state index contributed by atoms with van der Waals surface area (Å²) in [5.41, 5.74) is 0.834. The molecule has 0 amide bonds. The van der Waals surface area contributed by atoms with Crippen LogP contribution in [0, 0.1) is 0 Å². The zero-order chi connectivity index (χ0) is 12.3. The number of rotatable bonds is 3. The zero-order valence-electron chi connectivity index (χ0n) is 8.53. The largest absolute Gasteiger partial charge is 0.423 e. The molecule has 0 fully saturated rings. The van der Waals surface area contributed by atoms with Gasteiger partial charge in [-0.05, 0) is 18.2 Å². The number of ether oxygens (including phenoxy) is 1. The predicted molar refractivity (Wildman–Crippen MR) is 70.8 cm³/mol. The number of hydrogen-bond acceptors (Lipinski definition) is 3. The standard InChI is InChI=1S/C11H7BrCl2N2O/c12-8-1-2-10(9(14)3-8)17-11-15-5-7(4-13)6-16-11/h1-3,5-6H,4H2. The lowest BCUT2D eigenvalue weighted by atomic mass is 10.3. The van der Waals surface area contributed by atoms with Gasteiger partial charge in [0.25, 0.3) is 0 Å². The van der Waals surface area contributed by atoms with E-state index in [1.165, 1.54) is 0 Å². The van der Waals surface area contributed by atoms with Gasteiger partial charge < -0.3 is 4.74 Å². The molecule has 0 N–H and O–H groups in total. The fourth-order valence-electron chi connectivity index (χ4n) is 1.12. The van der Waals surface area contributed by atoms with Crippen molar-refractivity contribution in [2.24, 2.45) is 0 Å². The molecule has 3 nitrogen and oxygen atoms in total. The highest BCUT2D eigenvalue weighted by Crippen LogP contribution is 2.30. The number of aromatic nitrogens is 2. The second kappa shape index (κ2) is 5.67. The van der Waals surface area contributed by atoms with E-state index in [4.69, 9.17) is 27.9 Å². The van der Waals surface area contributed by atoms with E-state index >= 15 is 0 Å². The van der Waals surface area contributed by atoms with Crippen LogP contribution in [0.1, 0.15) is 5.56 Å². The van der Waals surface area contributed by atoms with Gasteiger partial charge in [0.05, 0.1) is 10.9 Å². The van der Waals surface area contributed by atoms with Gasteiger partial charge >= 0.3 is 6.01 Å².